The fraction of sp³-hybridized carbons (Fsp3) is 0.167. The Morgan fingerprint density at radius 3 is 2.34 bits per heavy atom. The van der Waals surface area contributed by atoms with Gasteiger partial charge in [-0.2, -0.15) is 0 Å². The Morgan fingerprint density at radius 1 is 0.969 bits per heavy atom. The Balaban J connectivity index is 1.63. The number of aromatic nitrogens is 1. The van der Waals surface area contributed by atoms with Gasteiger partial charge in [0.05, 0.1) is 27.4 Å². The molecule has 32 heavy (non-hydrogen) atoms. The summed E-state index contributed by atoms with van der Waals surface area (Å²) in [6.45, 7) is 0.333. The molecule has 4 rings (SSSR count). The van der Waals surface area contributed by atoms with Gasteiger partial charge in [0.1, 0.15) is 0 Å². The highest BCUT2D eigenvalue weighted by Crippen LogP contribution is 2.35. The van der Waals surface area contributed by atoms with Gasteiger partial charge in [-0.3, -0.25) is 9.69 Å². The number of nitrogens with zero attached hydrogens (tertiary/aromatic N) is 2. The first-order chi connectivity index (χ1) is 15.5. The summed E-state index contributed by atoms with van der Waals surface area (Å²) in [6.07, 6.45) is 1.88. The molecule has 0 aliphatic rings. The predicted molar refractivity (Wildman–Crippen MR) is 132 cm³/mol. The van der Waals surface area contributed by atoms with Crippen LogP contribution < -0.4 is 4.90 Å². The Kier molecular flexibility index (Phi) is 6.93. The van der Waals surface area contributed by atoms with Gasteiger partial charge >= 0.3 is 0 Å². The van der Waals surface area contributed by atoms with Crippen LogP contribution in [0.5, 0.6) is 0 Å². The summed E-state index contributed by atoms with van der Waals surface area (Å²) in [5.41, 5.74) is 1.82. The molecule has 0 N–H and O–H groups in total. The van der Waals surface area contributed by atoms with Gasteiger partial charge in [-0.25, -0.2) is 13.4 Å². The van der Waals surface area contributed by atoms with Gasteiger partial charge in [0, 0.05) is 11.3 Å². The van der Waals surface area contributed by atoms with Crippen LogP contribution in [0, 0.1) is 0 Å². The third-order valence-electron chi connectivity index (χ3n) is 4.99. The van der Waals surface area contributed by atoms with Crippen molar-refractivity contribution in [1.29, 1.82) is 0 Å². The molecule has 1 amide bonds. The molecule has 1 heterocycles. The number of benzene rings is 3. The van der Waals surface area contributed by atoms with E-state index in [1.165, 1.54) is 11.3 Å². The zero-order valence-electron chi connectivity index (χ0n) is 17.5. The van der Waals surface area contributed by atoms with E-state index in [1.807, 2.05) is 54.8 Å². The maximum Gasteiger partial charge on any atom is 0.230 e. The first kappa shape index (κ1) is 22.5. The quantitative estimate of drug-likeness (QED) is 0.314. The molecule has 0 fully saturated rings. The lowest BCUT2D eigenvalue weighted by Gasteiger charge is -2.20. The summed E-state index contributed by atoms with van der Waals surface area (Å²) in [5.74, 6) is -0.514. The molecule has 0 aliphatic heterocycles. The summed E-state index contributed by atoms with van der Waals surface area (Å²) >= 11 is 3.05. The van der Waals surface area contributed by atoms with Crippen LogP contribution in [0.25, 0.3) is 10.2 Å². The lowest BCUT2D eigenvalue weighted by Crippen LogP contribution is -2.31. The van der Waals surface area contributed by atoms with E-state index in [9.17, 15) is 13.2 Å². The van der Waals surface area contributed by atoms with Gasteiger partial charge in [-0.15, -0.1) is 11.8 Å². The maximum absolute atomic E-state index is 13.3. The number of fused-ring (bicyclic) bond motifs is 1. The van der Waals surface area contributed by atoms with Gasteiger partial charge in [-0.1, -0.05) is 65.9 Å². The van der Waals surface area contributed by atoms with Gasteiger partial charge in [0.2, 0.25) is 5.91 Å². The van der Waals surface area contributed by atoms with Gasteiger partial charge < -0.3 is 0 Å². The van der Waals surface area contributed by atoms with Crippen LogP contribution in [0.15, 0.2) is 88.7 Å². The number of hydrogen-bond acceptors (Lipinski definition) is 6. The molecule has 0 saturated carbocycles. The molecular weight excluding hydrogens is 460 g/mol. The molecule has 3 aromatic carbocycles. The van der Waals surface area contributed by atoms with Crippen molar-refractivity contribution in [1.82, 2.24) is 4.98 Å². The van der Waals surface area contributed by atoms with Crippen molar-refractivity contribution in [3.63, 3.8) is 0 Å². The Bertz CT molecular complexity index is 1320. The normalized spacial score (nSPS) is 11.5. The Morgan fingerprint density at radius 2 is 1.66 bits per heavy atom. The number of rotatable bonds is 8. The van der Waals surface area contributed by atoms with Gasteiger partial charge in [0.25, 0.3) is 0 Å². The molecule has 0 bridgehead atoms. The van der Waals surface area contributed by atoms with E-state index < -0.39 is 9.84 Å². The predicted octanol–water partition coefficient (Wildman–Crippen LogP) is 5.42. The average molecular weight is 483 g/mol. The smallest absolute Gasteiger partial charge is 0.230 e. The van der Waals surface area contributed by atoms with E-state index in [0.29, 0.717) is 11.7 Å². The van der Waals surface area contributed by atoms with Crippen molar-refractivity contribution in [2.45, 2.75) is 22.8 Å². The lowest BCUT2D eigenvalue weighted by atomic mass is 10.2. The standard InChI is InChI=1S/C24H22N2O3S3/c1-30-20-13-8-14-21-23(20)25-24(31-21)26(17-18-9-4-2-5-10-18)22(27)15-16-32(28,29)19-11-6-3-7-12-19/h2-14H,15-17H2,1H3. The number of carbonyl (C=O) groups excluding carboxylic acids is 1. The highest BCUT2D eigenvalue weighted by atomic mass is 32.2. The van der Waals surface area contributed by atoms with Gasteiger partial charge in [-0.05, 0) is 36.1 Å². The fourth-order valence-electron chi connectivity index (χ4n) is 3.32. The first-order valence-electron chi connectivity index (χ1n) is 10.0. The van der Waals surface area contributed by atoms with Crippen LogP contribution >= 0.6 is 23.1 Å². The topological polar surface area (TPSA) is 67.3 Å². The van der Waals surface area contributed by atoms with E-state index in [-0.39, 0.29) is 23.0 Å². The van der Waals surface area contributed by atoms with Crippen molar-refractivity contribution in [3.05, 3.63) is 84.4 Å². The molecule has 0 spiro atoms. The van der Waals surface area contributed by atoms with Crippen LogP contribution in [0.1, 0.15) is 12.0 Å². The summed E-state index contributed by atoms with van der Waals surface area (Å²) in [5, 5.41) is 0.576. The molecule has 8 heteroatoms. The fourth-order valence-corrected chi connectivity index (χ4v) is 6.21. The number of hydrogen-bond donors (Lipinski definition) is 0. The van der Waals surface area contributed by atoms with Crippen LogP contribution in [0.3, 0.4) is 0 Å². The summed E-state index contributed by atoms with van der Waals surface area (Å²) < 4.78 is 26.4. The second kappa shape index (κ2) is 9.85. The van der Waals surface area contributed by atoms with E-state index in [4.69, 9.17) is 4.98 Å². The molecule has 0 saturated heterocycles. The van der Waals surface area contributed by atoms with Crippen molar-refractivity contribution >= 4 is 54.2 Å². The minimum absolute atomic E-state index is 0.116. The maximum atomic E-state index is 13.3. The van der Waals surface area contributed by atoms with Gasteiger partial charge in [0.15, 0.2) is 15.0 Å². The number of amides is 1. The average Bonchev–Trinajstić information content (AvgIpc) is 3.26. The highest BCUT2D eigenvalue weighted by molar-refractivity contribution is 7.98. The molecule has 1 aromatic heterocycles. The Labute approximate surface area is 196 Å². The summed E-state index contributed by atoms with van der Waals surface area (Å²) in [7, 11) is -3.55. The lowest BCUT2D eigenvalue weighted by molar-refractivity contribution is -0.118. The zero-order valence-corrected chi connectivity index (χ0v) is 19.9. The minimum atomic E-state index is -3.55. The van der Waals surface area contributed by atoms with Crippen LogP contribution in [-0.2, 0) is 21.2 Å². The number of anilines is 1. The van der Waals surface area contributed by atoms with Crippen LogP contribution in [0.2, 0.25) is 0 Å². The third-order valence-corrected chi connectivity index (χ3v) is 8.54. The molecule has 0 aliphatic carbocycles. The van der Waals surface area contributed by atoms with E-state index in [2.05, 4.69) is 0 Å². The first-order valence-corrected chi connectivity index (χ1v) is 13.7. The summed E-state index contributed by atoms with van der Waals surface area (Å²) in [4.78, 5) is 20.9. The molecule has 0 unspecified atom stereocenters. The Hall–Kier alpha value is -2.68. The number of thiazole rings is 1. The van der Waals surface area contributed by atoms with Crippen molar-refractivity contribution in [2.75, 3.05) is 16.9 Å². The molecule has 164 valence electrons. The summed E-state index contributed by atoms with van der Waals surface area (Å²) in [6, 6.07) is 23.9. The van der Waals surface area contributed by atoms with E-state index in [1.54, 1.807) is 47.0 Å². The number of thioether (sulfide) groups is 1. The van der Waals surface area contributed by atoms with Crippen molar-refractivity contribution in [3.8, 4) is 0 Å². The SMILES string of the molecule is CSc1cccc2sc(N(Cc3ccccc3)C(=O)CCS(=O)(=O)c3ccccc3)nc12. The van der Waals surface area contributed by atoms with Crippen LogP contribution in [0.4, 0.5) is 5.13 Å². The van der Waals surface area contributed by atoms with Crippen LogP contribution in [-0.4, -0.2) is 31.3 Å². The molecule has 4 aromatic rings. The monoisotopic (exact) mass is 482 g/mol. The molecule has 0 atom stereocenters. The molecule has 5 nitrogen and oxygen atoms in total. The highest BCUT2D eigenvalue weighted by Gasteiger charge is 2.24. The minimum Gasteiger partial charge on any atom is -0.284 e. The number of carbonyl (C=O) groups is 1. The van der Waals surface area contributed by atoms with Crippen molar-refractivity contribution in [2.24, 2.45) is 0 Å². The van der Waals surface area contributed by atoms with E-state index in [0.717, 1.165) is 20.7 Å². The number of para-hydroxylation sites is 1. The third kappa shape index (κ3) is 5.03. The second-order valence-corrected chi connectivity index (χ2v) is 11.1. The molecule has 0 radical (unpaired) electrons. The molecular formula is C24H22N2O3S3. The zero-order chi connectivity index (χ0) is 22.6. The number of sulfone groups is 1. The largest absolute Gasteiger partial charge is 0.284 e. The van der Waals surface area contributed by atoms with Crippen molar-refractivity contribution < 1.29 is 13.2 Å². The van der Waals surface area contributed by atoms with E-state index >= 15 is 0 Å². The second-order valence-electron chi connectivity index (χ2n) is 7.15.